The second-order valence-corrected chi connectivity index (χ2v) is 9.02. The van der Waals surface area contributed by atoms with E-state index in [1.807, 2.05) is 25.1 Å². The normalized spacial score (nSPS) is 16.4. The number of anilines is 1. The summed E-state index contributed by atoms with van der Waals surface area (Å²) in [4.78, 5) is 29.5. The van der Waals surface area contributed by atoms with E-state index in [2.05, 4.69) is 10.3 Å². The van der Waals surface area contributed by atoms with E-state index in [4.69, 9.17) is 0 Å². The van der Waals surface area contributed by atoms with Gasteiger partial charge in [-0.25, -0.2) is 17.7 Å². The number of nitrogens with one attached hydrogen (secondary N) is 1. The Balaban J connectivity index is 1.63. The number of amides is 2. The number of aryl methyl sites for hydroxylation is 1. The highest BCUT2D eigenvalue weighted by Crippen LogP contribution is 2.32. The molecule has 0 unspecified atom stereocenters. The molecule has 2 amide bonds. The monoisotopic (exact) mass is 401 g/mol. The number of carbonyl (C=O) groups is 2. The minimum absolute atomic E-state index is 0.0766. The molecule has 0 radical (unpaired) electrons. The number of sulfonamides is 1. The molecule has 1 aliphatic heterocycles. The van der Waals surface area contributed by atoms with Crippen LogP contribution in [0.2, 0.25) is 0 Å². The van der Waals surface area contributed by atoms with E-state index in [1.165, 1.54) is 30.4 Å². The maximum Gasteiger partial charge on any atom is 0.269 e. The van der Waals surface area contributed by atoms with Gasteiger partial charge in [-0.15, -0.1) is 0 Å². The molecule has 7 nitrogen and oxygen atoms in total. The van der Waals surface area contributed by atoms with Crippen LogP contribution in [0.4, 0.5) is 5.13 Å². The van der Waals surface area contributed by atoms with Gasteiger partial charge in [-0.2, -0.15) is 0 Å². The number of benzene rings is 2. The lowest BCUT2D eigenvalue weighted by Gasteiger charge is -2.21. The van der Waals surface area contributed by atoms with Gasteiger partial charge < -0.3 is 5.32 Å². The average molecular weight is 401 g/mol. The van der Waals surface area contributed by atoms with E-state index in [1.54, 1.807) is 12.1 Å². The Morgan fingerprint density at radius 2 is 1.93 bits per heavy atom. The summed E-state index contributed by atoms with van der Waals surface area (Å²) in [5.74, 6) is -1.31. The van der Waals surface area contributed by atoms with Gasteiger partial charge in [-0.05, 0) is 37.6 Å². The molecule has 138 valence electrons. The highest BCUT2D eigenvalue weighted by atomic mass is 32.2. The van der Waals surface area contributed by atoms with Gasteiger partial charge in [0.15, 0.2) is 5.13 Å². The van der Waals surface area contributed by atoms with Crippen LogP contribution in [0.5, 0.6) is 0 Å². The van der Waals surface area contributed by atoms with Crippen molar-refractivity contribution >= 4 is 48.5 Å². The van der Waals surface area contributed by atoms with Crippen molar-refractivity contribution in [2.45, 2.75) is 24.8 Å². The molecule has 27 heavy (non-hydrogen) atoms. The zero-order chi connectivity index (χ0) is 19.3. The summed E-state index contributed by atoms with van der Waals surface area (Å²) in [6.45, 7) is 3.30. The molecule has 0 saturated heterocycles. The van der Waals surface area contributed by atoms with Crippen LogP contribution in [0.15, 0.2) is 47.4 Å². The van der Waals surface area contributed by atoms with Crippen LogP contribution in [-0.4, -0.2) is 35.6 Å². The Bertz CT molecular complexity index is 1200. The van der Waals surface area contributed by atoms with E-state index < -0.39 is 27.9 Å². The molecule has 0 aliphatic carbocycles. The predicted octanol–water partition coefficient (Wildman–Crippen LogP) is 2.78. The predicted molar refractivity (Wildman–Crippen MR) is 102 cm³/mol. The van der Waals surface area contributed by atoms with Crippen molar-refractivity contribution < 1.29 is 18.0 Å². The smallest absolute Gasteiger partial charge is 0.269 e. The van der Waals surface area contributed by atoms with Gasteiger partial charge in [0.1, 0.15) is 10.9 Å². The molecule has 1 aliphatic rings. The largest absolute Gasteiger partial charge is 0.300 e. The molecule has 0 spiro atoms. The third-order valence-electron chi connectivity index (χ3n) is 4.44. The summed E-state index contributed by atoms with van der Waals surface area (Å²) < 4.78 is 26.9. The van der Waals surface area contributed by atoms with Gasteiger partial charge >= 0.3 is 0 Å². The maximum absolute atomic E-state index is 12.7. The lowest BCUT2D eigenvalue weighted by Crippen LogP contribution is -2.45. The Hall–Kier alpha value is -2.78. The van der Waals surface area contributed by atoms with Crippen LogP contribution in [0.1, 0.15) is 22.8 Å². The lowest BCUT2D eigenvalue weighted by molar-refractivity contribution is -0.118. The van der Waals surface area contributed by atoms with E-state index in [0.717, 1.165) is 15.8 Å². The fourth-order valence-electron chi connectivity index (χ4n) is 3.04. The summed E-state index contributed by atoms with van der Waals surface area (Å²) in [5.41, 5.74) is 1.83. The molecule has 0 bridgehead atoms. The molecule has 9 heteroatoms. The number of hydrogen-bond acceptors (Lipinski definition) is 6. The van der Waals surface area contributed by atoms with Crippen LogP contribution < -0.4 is 5.32 Å². The number of fused-ring (bicyclic) bond motifs is 2. The molecule has 0 saturated carbocycles. The maximum atomic E-state index is 12.7. The number of hydrogen-bond donors (Lipinski definition) is 1. The quantitative estimate of drug-likeness (QED) is 0.728. The number of aromatic nitrogens is 1. The highest BCUT2D eigenvalue weighted by molar-refractivity contribution is 7.90. The minimum Gasteiger partial charge on any atom is -0.300 e. The molecule has 1 N–H and O–H groups in total. The highest BCUT2D eigenvalue weighted by Gasteiger charge is 2.45. The van der Waals surface area contributed by atoms with Gasteiger partial charge in [0, 0.05) is 0 Å². The Morgan fingerprint density at radius 1 is 1.19 bits per heavy atom. The number of carbonyl (C=O) groups excluding carboxylic acids is 2. The number of rotatable bonds is 3. The molecule has 4 rings (SSSR count). The molecule has 3 aromatic rings. The average Bonchev–Trinajstić information content (AvgIpc) is 3.13. The van der Waals surface area contributed by atoms with Gasteiger partial charge in [0.2, 0.25) is 5.91 Å². The van der Waals surface area contributed by atoms with E-state index in [9.17, 15) is 18.0 Å². The van der Waals surface area contributed by atoms with Crippen molar-refractivity contribution in [1.29, 1.82) is 0 Å². The van der Waals surface area contributed by atoms with Crippen molar-refractivity contribution in [3.05, 3.63) is 53.6 Å². The Morgan fingerprint density at radius 3 is 2.63 bits per heavy atom. The first-order valence-electron chi connectivity index (χ1n) is 8.15. The first-order valence-corrected chi connectivity index (χ1v) is 10.4. The fraction of sp³-hybridized carbons (Fsp3) is 0.167. The van der Waals surface area contributed by atoms with Crippen LogP contribution in [0, 0.1) is 6.92 Å². The zero-order valence-electron chi connectivity index (χ0n) is 14.5. The topological polar surface area (TPSA) is 96.4 Å². The summed E-state index contributed by atoms with van der Waals surface area (Å²) in [6.07, 6.45) is 0. The standard InChI is InChI=1S/C18H15N3O4S2/c1-10-6-5-8-13-15(10)19-18(26-13)20-16(22)11(2)21-17(23)12-7-3-4-9-14(12)27(21,24)25/h3-9,11H,1-2H3,(H,19,20,22)/t11-/m1/s1. The summed E-state index contributed by atoms with van der Waals surface area (Å²) in [6, 6.07) is 10.4. The van der Waals surface area contributed by atoms with Crippen LogP contribution >= 0.6 is 11.3 Å². The number of nitrogens with zero attached hydrogens (tertiary/aromatic N) is 2. The number of thiazole rings is 1. The van der Waals surface area contributed by atoms with Crippen molar-refractivity contribution in [1.82, 2.24) is 9.29 Å². The van der Waals surface area contributed by atoms with E-state index in [-0.39, 0.29) is 10.5 Å². The molecular formula is C18H15N3O4S2. The second-order valence-electron chi connectivity index (χ2n) is 6.21. The first-order chi connectivity index (χ1) is 12.8. The molecular weight excluding hydrogens is 386 g/mol. The summed E-state index contributed by atoms with van der Waals surface area (Å²) in [7, 11) is -4.06. The SMILES string of the molecule is Cc1cccc2sc(NC(=O)[C@@H](C)N3C(=O)c4ccccc4S3(=O)=O)nc12. The van der Waals surface area contributed by atoms with E-state index >= 15 is 0 Å². The van der Waals surface area contributed by atoms with E-state index in [0.29, 0.717) is 9.44 Å². The third kappa shape index (κ3) is 2.70. The lowest BCUT2D eigenvalue weighted by atomic mass is 10.2. The summed E-state index contributed by atoms with van der Waals surface area (Å²) in [5, 5.41) is 2.99. The van der Waals surface area contributed by atoms with Gasteiger partial charge in [-0.3, -0.25) is 9.59 Å². The molecule has 2 heterocycles. The third-order valence-corrected chi connectivity index (χ3v) is 7.28. The van der Waals surface area contributed by atoms with Crippen LogP contribution in [0.3, 0.4) is 0 Å². The van der Waals surface area contributed by atoms with Crippen molar-refractivity contribution in [2.75, 3.05) is 5.32 Å². The molecule has 2 aromatic carbocycles. The zero-order valence-corrected chi connectivity index (χ0v) is 16.1. The Kier molecular flexibility index (Phi) is 4.01. The Labute approximate surface area is 159 Å². The van der Waals surface area contributed by atoms with Crippen LogP contribution in [-0.2, 0) is 14.8 Å². The minimum atomic E-state index is -4.06. The van der Waals surface area contributed by atoms with Gasteiger partial charge in [0.25, 0.3) is 15.9 Å². The number of para-hydroxylation sites is 1. The molecule has 1 aromatic heterocycles. The van der Waals surface area contributed by atoms with Crippen molar-refractivity contribution in [2.24, 2.45) is 0 Å². The first kappa shape index (κ1) is 17.6. The van der Waals surface area contributed by atoms with Gasteiger partial charge in [-0.1, -0.05) is 35.6 Å². The molecule has 1 atom stereocenters. The van der Waals surface area contributed by atoms with Crippen LogP contribution in [0.25, 0.3) is 10.2 Å². The van der Waals surface area contributed by atoms with Crippen molar-refractivity contribution in [3.63, 3.8) is 0 Å². The van der Waals surface area contributed by atoms with Gasteiger partial charge in [0.05, 0.1) is 15.8 Å². The second kappa shape index (κ2) is 6.14. The fourth-order valence-corrected chi connectivity index (χ4v) is 5.71. The molecule has 0 fully saturated rings. The summed E-state index contributed by atoms with van der Waals surface area (Å²) >= 11 is 1.29. The van der Waals surface area contributed by atoms with Crippen molar-refractivity contribution in [3.8, 4) is 0 Å².